The number of hydrogen-bond acceptors (Lipinski definition) is 4. The van der Waals surface area contributed by atoms with Crippen molar-refractivity contribution >= 4 is 24.8 Å². The van der Waals surface area contributed by atoms with Gasteiger partial charge in [-0.2, -0.15) is 0 Å². The van der Waals surface area contributed by atoms with Crippen molar-refractivity contribution in [2.75, 3.05) is 40.4 Å². The van der Waals surface area contributed by atoms with Crippen LogP contribution in [0.4, 0.5) is 4.39 Å². The Morgan fingerprint density at radius 1 is 1.22 bits per heavy atom. The molecule has 132 valence electrons. The SMILES string of the molecule is C=CC[C@H](c1cc(OC)c(OC)cc1F)N1CCNCC1.Cl.Cl. The summed E-state index contributed by atoms with van der Waals surface area (Å²) >= 11 is 0. The summed E-state index contributed by atoms with van der Waals surface area (Å²) in [6, 6.07) is 3.11. The zero-order valence-corrected chi connectivity index (χ0v) is 15.1. The van der Waals surface area contributed by atoms with Crippen molar-refractivity contribution in [2.45, 2.75) is 12.5 Å². The molecule has 1 aromatic rings. The van der Waals surface area contributed by atoms with E-state index < -0.39 is 0 Å². The number of piperazine rings is 1. The third kappa shape index (κ3) is 5.24. The maximum Gasteiger partial charge on any atom is 0.163 e. The van der Waals surface area contributed by atoms with Gasteiger partial charge in [0.2, 0.25) is 0 Å². The highest BCUT2D eigenvalue weighted by Gasteiger charge is 2.25. The predicted molar refractivity (Wildman–Crippen MR) is 96.0 cm³/mol. The summed E-state index contributed by atoms with van der Waals surface area (Å²) in [6.45, 7) is 7.43. The number of ether oxygens (including phenoxy) is 2. The molecule has 0 unspecified atom stereocenters. The molecule has 7 heteroatoms. The van der Waals surface area contributed by atoms with E-state index in [-0.39, 0.29) is 36.7 Å². The van der Waals surface area contributed by atoms with Gasteiger partial charge in [0.05, 0.1) is 14.2 Å². The zero-order valence-electron chi connectivity index (χ0n) is 13.5. The molecule has 1 aliphatic rings. The molecule has 1 atom stereocenters. The Bertz CT molecular complexity index is 497. The van der Waals surface area contributed by atoms with E-state index in [0.29, 0.717) is 23.5 Å². The van der Waals surface area contributed by atoms with Crippen molar-refractivity contribution in [3.8, 4) is 11.5 Å². The van der Waals surface area contributed by atoms with Crippen LogP contribution >= 0.6 is 24.8 Å². The molecule has 23 heavy (non-hydrogen) atoms. The van der Waals surface area contributed by atoms with Crippen LogP contribution in [0.2, 0.25) is 0 Å². The van der Waals surface area contributed by atoms with E-state index in [9.17, 15) is 4.39 Å². The normalized spacial score (nSPS) is 15.8. The van der Waals surface area contributed by atoms with Crippen LogP contribution in [0.3, 0.4) is 0 Å². The first-order valence-electron chi connectivity index (χ1n) is 7.18. The van der Waals surface area contributed by atoms with Gasteiger partial charge in [-0.05, 0) is 12.5 Å². The van der Waals surface area contributed by atoms with Gasteiger partial charge in [0.15, 0.2) is 11.5 Å². The topological polar surface area (TPSA) is 33.7 Å². The van der Waals surface area contributed by atoms with E-state index in [2.05, 4.69) is 16.8 Å². The predicted octanol–water partition coefficient (Wildman–Crippen LogP) is 3.21. The Labute approximate surface area is 149 Å². The van der Waals surface area contributed by atoms with Gasteiger partial charge in [0.25, 0.3) is 0 Å². The molecule has 4 nitrogen and oxygen atoms in total. The van der Waals surface area contributed by atoms with Gasteiger partial charge in [-0.1, -0.05) is 6.08 Å². The van der Waals surface area contributed by atoms with Gasteiger partial charge in [0.1, 0.15) is 5.82 Å². The summed E-state index contributed by atoms with van der Waals surface area (Å²) < 4.78 is 24.9. The summed E-state index contributed by atoms with van der Waals surface area (Å²) in [7, 11) is 3.07. The summed E-state index contributed by atoms with van der Waals surface area (Å²) in [5, 5.41) is 3.31. The minimum atomic E-state index is -0.266. The van der Waals surface area contributed by atoms with E-state index in [4.69, 9.17) is 9.47 Å². The van der Waals surface area contributed by atoms with Gasteiger partial charge in [-0.3, -0.25) is 4.90 Å². The Morgan fingerprint density at radius 3 is 2.30 bits per heavy atom. The fourth-order valence-corrected chi connectivity index (χ4v) is 2.75. The van der Waals surface area contributed by atoms with E-state index in [1.165, 1.54) is 13.2 Å². The Kier molecular flexibility index (Phi) is 10.2. The van der Waals surface area contributed by atoms with Crippen LogP contribution in [0.25, 0.3) is 0 Å². The molecule has 0 aliphatic carbocycles. The van der Waals surface area contributed by atoms with Crippen molar-refractivity contribution in [3.05, 3.63) is 36.2 Å². The second-order valence-electron chi connectivity index (χ2n) is 5.05. The Hall–Kier alpha value is -1.01. The average molecular weight is 367 g/mol. The first kappa shape index (κ1) is 22.0. The maximum atomic E-state index is 14.5. The Balaban J connectivity index is 0.00000242. The Morgan fingerprint density at radius 2 is 1.78 bits per heavy atom. The number of hydrogen-bond donors (Lipinski definition) is 1. The lowest BCUT2D eigenvalue weighted by Gasteiger charge is -2.35. The van der Waals surface area contributed by atoms with E-state index in [1.807, 2.05) is 6.08 Å². The van der Waals surface area contributed by atoms with Crippen molar-refractivity contribution in [1.29, 1.82) is 0 Å². The van der Waals surface area contributed by atoms with Gasteiger partial charge in [-0.15, -0.1) is 31.4 Å². The summed E-state index contributed by atoms with van der Waals surface area (Å²) in [4.78, 5) is 2.28. The second-order valence-corrected chi connectivity index (χ2v) is 5.05. The van der Waals surface area contributed by atoms with Gasteiger partial charge >= 0.3 is 0 Å². The number of methoxy groups -OCH3 is 2. The number of nitrogens with zero attached hydrogens (tertiary/aromatic N) is 1. The van der Waals surface area contributed by atoms with E-state index in [1.54, 1.807) is 13.2 Å². The van der Waals surface area contributed by atoms with Crippen molar-refractivity contribution in [2.24, 2.45) is 0 Å². The fourth-order valence-electron chi connectivity index (χ4n) is 2.75. The molecule has 1 heterocycles. The highest BCUT2D eigenvalue weighted by atomic mass is 35.5. The molecular formula is C16H25Cl2FN2O2. The number of halogens is 3. The molecule has 0 amide bonds. The first-order chi connectivity index (χ1) is 10.2. The van der Waals surface area contributed by atoms with Crippen LogP contribution in [0.1, 0.15) is 18.0 Å². The van der Waals surface area contributed by atoms with Gasteiger partial charge < -0.3 is 14.8 Å². The van der Waals surface area contributed by atoms with Crippen LogP contribution in [-0.4, -0.2) is 45.3 Å². The standard InChI is InChI=1S/C16H23FN2O2.2ClH/c1-4-5-14(19-8-6-18-7-9-19)12-10-15(20-2)16(21-3)11-13(12)17;;/h4,10-11,14,18H,1,5-9H2,2-3H3;2*1H/t14-;;/m1../s1. The third-order valence-corrected chi connectivity index (χ3v) is 3.84. The maximum absolute atomic E-state index is 14.5. The highest BCUT2D eigenvalue weighted by Crippen LogP contribution is 2.35. The molecule has 0 radical (unpaired) electrons. The van der Waals surface area contributed by atoms with Gasteiger partial charge in [-0.25, -0.2) is 4.39 Å². The lowest BCUT2D eigenvalue weighted by Crippen LogP contribution is -2.45. The van der Waals surface area contributed by atoms with Gasteiger partial charge in [0, 0.05) is 43.9 Å². The van der Waals surface area contributed by atoms with E-state index >= 15 is 0 Å². The largest absolute Gasteiger partial charge is 0.493 e. The van der Waals surface area contributed by atoms with E-state index in [0.717, 1.165) is 26.2 Å². The number of benzene rings is 1. The molecule has 0 bridgehead atoms. The first-order valence-corrected chi connectivity index (χ1v) is 7.18. The minimum Gasteiger partial charge on any atom is -0.493 e. The van der Waals surface area contributed by atoms with Crippen molar-refractivity contribution in [1.82, 2.24) is 10.2 Å². The number of nitrogens with one attached hydrogen (secondary N) is 1. The van der Waals surface area contributed by atoms with Crippen molar-refractivity contribution < 1.29 is 13.9 Å². The number of rotatable bonds is 6. The van der Waals surface area contributed by atoms with Crippen molar-refractivity contribution in [3.63, 3.8) is 0 Å². The average Bonchev–Trinajstić information content (AvgIpc) is 2.53. The lowest BCUT2D eigenvalue weighted by molar-refractivity contribution is 0.171. The molecule has 1 saturated heterocycles. The fraction of sp³-hybridized carbons (Fsp3) is 0.500. The van der Waals surface area contributed by atoms with Crippen LogP contribution in [0.5, 0.6) is 11.5 Å². The molecular weight excluding hydrogens is 342 g/mol. The molecule has 1 aliphatic heterocycles. The smallest absolute Gasteiger partial charge is 0.163 e. The van der Waals surface area contributed by atoms with Crippen LogP contribution in [0.15, 0.2) is 24.8 Å². The molecule has 1 N–H and O–H groups in total. The third-order valence-electron chi connectivity index (χ3n) is 3.84. The molecule has 1 aromatic carbocycles. The molecule has 1 fully saturated rings. The molecule has 0 aromatic heterocycles. The zero-order chi connectivity index (χ0) is 15.2. The summed E-state index contributed by atoms with van der Waals surface area (Å²) in [6.07, 6.45) is 2.54. The van der Waals surface area contributed by atoms with Crippen LogP contribution in [-0.2, 0) is 0 Å². The monoisotopic (exact) mass is 366 g/mol. The highest BCUT2D eigenvalue weighted by molar-refractivity contribution is 5.85. The summed E-state index contributed by atoms with van der Waals surface area (Å²) in [5.41, 5.74) is 0.634. The molecule has 0 spiro atoms. The minimum absolute atomic E-state index is 0. The van der Waals surface area contributed by atoms with Crippen LogP contribution < -0.4 is 14.8 Å². The summed E-state index contributed by atoms with van der Waals surface area (Å²) in [5.74, 6) is 0.701. The quantitative estimate of drug-likeness (QED) is 0.783. The molecule has 0 saturated carbocycles. The molecule has 2 rings (SSSR count). The van der Waals surface area contributed by atoms with Crippen LogP contribution in [0, 0.1) is 5.82 Å². The lowest BCUT2D eigenvalue weighted by atomic mass is 9.99. The second kappa shape index (κ2) is 10.7.